The van der Waals surface area contributed by atoms with Crippen LogP contribution < -0.4 is 0 Å². The number of alkyl halides is 2. The summed E-state index contributed by atoms with van der Waals surface area (Å²) < 4.78 is -0.00743. The van der Waals surface area contributed by atoms with Gasteiger partial charge in [0.2, 0.25) is 0 Å². The average molecular weight is 232 g/mol. The molecule has 0 fully saturated rings. The zero-order valence-corrected chi connectivity index (χ0v) is 7.58. The van der Waals surface area contributed by atoms with Crippen molar-refractivity contribution in [3.63, 3.8) is 0 Å². The fraction of sp³-hybridized carbons (Fsp3) is 1.00. The van der Waals surface area contributed by atoms with Crippen LogP contribution >= 0.6 is 34.2 Å². The molecule has 1 atom stereocenters. The Morgan fingerprint density at radius 3 is 2.14 bits per heavy atom. The van der Waals surface area contributed by atoms with Crippen molar-refractivity contribution >= 4 is 34.2 Å². The molecular weight excluding hydrogens is 222 g/mol. The lowest BCUT2D eigenvalue weighted by Gasteiger charge is -2.09. The van der Waals surface area contributed by atoms with Gasteiger partial charge in [0.25, 0.3) is 0 Å². The molecule has 0 saturated carbocycles. The molecule has 2 heteroatoms. The van der Waals surface area contributed by atoms with Gasteiger partial charge in [0, 0.05) is 0 Å². The molecule has 0 rings (SSSR count). The van der Waals surface area contributed by atoms with Crippen molar-refractivity contribution < 1.29 is 0 Å². The van der Waals surface area contributed by atoms with Gasteiger partial charge in [-0.05, 0) is 13.3 Å². The first-order valence-electron chi connectivity index (χ1n) is 2.44. The maximum absolute atomic E-state index is 5.82. The van der Waals surface area contributed by atoms with Crippen molar-refractivity contribution in [2.45, 2.75) is 29.6 Å². The highest BCUT2D eigenvalue weighted by Crippen LogP contribution is 2.28. The minimum absolute atomic E-state index is 0.00743. The number of hydrogen-bond donors (Lipinski definition) is 0. The van der Waals surface area contributed by atoms with E-state index in [0.717, 1.165) is 6.42 Å². The van der Waals surface area contributed by atoms with Gasteiger partial charge < -0.3 is 0 Å². The number of hydrogen-bond acceptors (Lipinski definition) is 0. The van der Waals surface area contributed by atoms with E-state index in [-0.39, 0.29) is 2.88 Å². The van der Waals surface area contributed by atoms with Crippen molar-refractivity contribution in [2.75, 3.05) is 0 Å². The van der Waals surface area contributed by atoms with Crippen LogP contribution in [-0.2, 0) is 0 Å². The number of rotatable bonds is 2. The molecule has 0 aromatic heterocycles. The quantitative estimate of drug-likeness (QED) is 0.507. The molecule has 0 spiro atoms. The molecule has 0 radical (unpaired) electrons. The highest BCUT2D eigenvalue weighted by atomic mass is 127. The molecule has 44 valence electrons. The van der Waals surface area contributed by atoms with Gasteiger partial charge >= 0.3 is 0 Å². The third kappa shape index (κ3) is 7.02. The first-order chi connectivity index (χ1) is 3.06. The van der Waals surface area contributed by atoms with Crippen LogP contribution in [0.15, 0.2) is 0 Å². The second kappa shape index (κ2) is 3.13. The summed E-state index contributed by atoms with van der Waals surface area (Å²) in [6.45, 7) is 4.16. The van der Waals surface area contributed by atoms with Crippen LogP contribution in [0.5, 0.6) is 0 Å². The van der Waals surface area contributed by atoms with Crippen LogP contribution in [0.25, 0.3) is 0 Å². The number of halogens is 2. The molecule has 0 aliphatic rings. The standard InChI is InChI=1S/C5H10ClI/c1-3-4-5(2,6)7/h3-4H2,1-2H3. The molecule has 0 aromatic carbocycles. The van der Waals surface area contributed by atoms with Crippen molar-refractivity contribution in [1.29, 1.82) is 0 Å². The van der Waals surface area contributed by atoms with E-state index in [1.807, 2.05) is 6.92 Å². The van der Waals surface area contributed by atoms with Crippen molar-refractivity contribution in [2.24, 2.45) is 0 Å². The summed E-state index contributed by atoms with van der Waals surface area (Å²) in [7, 11) is 0. The highest BCUT2D eigenvalue weighted by molar-refractivity contribution is 14.1. The summed E-state index contributed by atoms with van der Waals surface area (Å²) in [6.07, 6.45) is 2.26. The molecule has 1 unspecified atom stereocenters. The van der Waals surface area contributed by atoms with Crippen LogP contribution in [0.2, 0.25) is 0 Å². The Hall–Kier alpha value is 1.02. The Balaban J connectivity index is 3.15. The molecule has 0 aliphatic heterocycles. The maximum atomic E-state index is 5.82. The monoisotopic (exact) mass is 232 g/mol. The Labute approximate surface area is 63.8 Å². The first-order valence-corrected chi connectivity index (χ1v) is 3.90. The lowest BCUT2D eigenvalue weighted by molar-refractivity contribution is 0.761. The second-order valence-corrected chi connectivity index (χ2v) is 5.67. The largest absolute Gasteiger partial charge is 0.108 e. The fourth-order valence-electron chi connectivity index (χ4n) is 0.439. The molecule has 0 saturated heterocycles. The van der Waals surface area contributed by atoms with Crippen LogP contribution in [0.4, 0.5) is 0 Å². The molecule has 0 amide bonds. The normalized spacial score (nSPS) is 18.9. The smallest absolute Gasteiger partial charge is 0.0929 e. The lowest BCUT2D eigenvalue weighted by atomic mass is 10.3. The van der Waals surface area contributed by atoms with Gasteiger partial charge in [-0.25, -0.2) is 0 Å². The Morgan fingerprint density at radius 2 is 2.14 bits per heavy atom. The van der Waals surface area contributed by atoms with Gasteiger partial charge in [-0.3, -0.25) is 0 Å². The van der Waals surface area contributed by atoms with E-state index in [4.69, 9.17) is 11.6 Å². The van der Waals surface area contributed by atoms with E-state index < -0.39 is 0 Å². The summed E-state index contributed by atoms with van der Waals surface area (Å²) in [5.41, 5.74) is 0. The van der Waals surface area contributed by atoms with Crippen LogP contribution in [-0.4, -0.2) is 2.88 Å². The summed E-state index contributed by atoms with van der Waals surface area (Å²) >= 11 is 8.06. The SMILES string of the molecule is CCCC(C)(Cl)I. The second-order valence-electron chi connectivity index (χ2n) is 1.82. The van der Waals surface area contributed by atoms with Crippen LogP contribution in [0.3, 0.4) is 0 Å². The van der Waals surface area contributed by atoms with E-state index >= 15 is 0 Å². The first kappa shape index (κ1) is 8.02. The van der Waals surface area contributed by atoms with E-state index in [1.165, 1.54) is 6.42 Å². The van der Waals surface area contributed by atoms with E-state index in [2.05, 4.69) is 29.5 Å². The molecule has 0 aliphatic carbocycles. The predicted molar refractivity (Wildman–Crippen MR) is 43.2 cm³/mol. The Bertz CT molecular complexity index is 46.5. The van der Waals surface area contributed by atoms with Crippen LogP contribution in [0.1, 0.15) is 26.7 Å². The molecule has 0 N–H and O–H groups in total. The third-order valence-electron chi connectivity index (χ3n) is 0.689. The van der Waals surface area contributed by atoms with E-state index in [9.17, 15) is 0 Å². The third-order valence-corrected chi connectivity index (χ3v) is 1.42. The highest BCUT2D eigenvalue weighted by Gasteiger charge is 2.12. The van der Waals surface area contributed by atoms with Crippen LogP contribution in [0, 0.1) is 0 Å². The van der Waals surface area contributed by atoms with Crippen molar-refractivity contribution in [1.82, 2.24) is 0 Å². The zero-order chi connectivity index (χ0) is 5.91. The zero-order valence-electron chi connectivity index (χ0n) is 4.67. The van der Waals surface area contributed by atoms with Gasteiger partial charge in [-0.2, -0.15) is 0 Å². The van der Waals surface area contributed by atoms with Gasteiger partial charge in [0.1, 0.15) is 0 Å². The lowest BCUT2D eigenvalue weighted by Crippen LogP contribution is -2.02. The Morgan fingerprint density at radius 1 is 1.71 bits per heavy atom. The summed E-state index contributed by atoms with van der Waals surface area (Å²) in [6, 6.07) is 0. The minimum Gasteiger partial charge on any atom is -0.108 e. The van der Waals surface area contributed by atoms with E-state index in [1.54, 1.807) is 0 Å². The van der Waals surface area contributed by atoms with Gasteiger partial charge in [0.05, 0.1) is 2.88 Å². The minimum atomic E-state index is -0.00743. The molecule has 0 heterocycles. The molecular formula is C5H10ClI. The summed E-state index contributed by atoms with van der Waals surface area (Å²) in [5.74, 6) is 0. The average Bonchev–Trinajstić information content (AvgIpc) is 1.30. The van der Waals surface area contributed by atoms with Gasteiger partial charge in [-0.1, -0.05) is 35.9 Å². The molecule has 7 heavy (non-hydrogen) atoms. The van der Waals surface area contributed by atoms with Crippen molar-refractivity contribution in [3.8, 4) is 0 Å². The molecule has 0 aromatic rings. The van der Waals surface area contributed by atoms with Gasteiger partial charge in [-0.15, -0.1) is 11.6 Å². The molecule has 0 nitrogen and oxygen atoms in total. The predicted octanol–water partition coefficient (Wildman–Crippen LogP) is 3.18. The van der Waals surface area contributed by atoms with Crippen molar-refractivity contribution in [3.05, 3.63) is 0 Å². The summed E-state index contributed by atoms with van der Waals surface area (Å²) in [5, 5.41) is 0. The summed E-state index contributed by atoms with van der Waals surface area (Å²) in [4.78, 5) is 0. The fourth-order valence-corrected chi connectivity index (χ4v) is 1.17. The molecule has 0 bridgehead atoms. The topological polar surface area (TPSA) is 0 Å². The van der Waals surface area contributed by atoms with Gasteiger partial charge in [0.15, 0.2) is 0 Å². The van der Waals surface area contributed by atoms with E-state index in [0.29, 0.717) is 0 Å². The maximum Gasteiger partial charge on any atom is 0.0929 e. The Kier molecular flexibility index (Phi) is 3.58.